The Morgan fingerprint density at radius 1 is 1.29 bits per heavy atom. The molecule has 0 bridgehead atoms. The Morgan fingerprint density at radius 2 is 1.95 bits per heavy atom. The van der Waals surface area contributed by atoms with E-state index in [2.05, 4.69) is 5.10 Å². The van der Waals surface area contributed by atoms with E-state index in [1.165, 1.54) is 18.2 Å². The lowest BCUT2D eigenvalue weighted by molar-refractivity contribution is -0.144. The Kier molecular flexibility index (Phi) is 3.97. The molecule has 2 aromatic rings. The van der Waals surface area contributed by atoms with E-state index in [1.807, 2.05) is 0 Å². The first kappa shape index (κ1) is 15.0. The van der Waals surface area contributed by atoms with Crippen molar-refractivity contribution < 1.29 is 27.5 Å². The Balaban J connectivity index is 2.52. The Bertz CT molecular complexity index is 664. The van der Waals surface area contributed by atoms with E-state index in [1.54, 1.807) is 0 Å². The smallest absolute Gasteiger partial charge is 0.433 e. The fourth-order valence-electron chi connectivity index (χ4n) is 1.92. The summed E-state index contributed by atoms with van der Waals surface area (Å²) in [5.74, 6) is -2.07. The second-order valence-electron chi connectivity index (χ2n) is 4.27. The minimum Gasteiger partial charge on any atom is -0.481 e. The molecule has 0 saturated heterocycles. The molecular weight excluding hydrogens is 292 g/mol. The van der Waals surface area contributed by atoms with Crippen LogP contribution in [0.1, 0.15) is 17.7 Å². The zero-order valence-corrected chi connectivity index (χ0v) is 10.6. The maximum absolute atomic E-state index is 13.6. The molecule has 21 heavy (non-hydrogen) atoms. The fraction of sp³-hybridized carbons (Fsp3) is 0.231. The largest absolute Gasteiger partial charge is 0.481 e. The van der Waals surface area contributed by atoms with Crippen molar-refractivity contribution in [3.63, 3.8) is 0 Å². The van der Waals surface area contributed by atoms with Crippen molar-refractivity contribution >= 4 is 5.97 Å². The van der Waals surface area contributed by atoms with Gasteiger partial charge < -0.3 is 5.11 Å². The van der Waals surface area contributed by atoms with Crippen molar-refractivity contribution in [2.75, 3.05) is 0 Å². The number of hydrogen-bond acceptors (Lipinski definition) is 2. The molecule has 4 nitrogen and oxygen atoms in total. The van der Waals surface area contributed by atoms with Crippen molar-refractivity contribution in [2.24, 2.45) is 0 Å². The van der Waals surface area contributed by atoms with E-state index in [-0.39, 0.29) is 17.7 Å². The predicted octanol–water partition coefficient (Wildman–Crippen LogP) is 3.05. The number of nitrogens with zero attached hydrogens (tertiary/aromatic N) is 2. The number of hydrogen-bond donors (Lipinski definition) is 1. The second-order valence-corrected chi connectivity index (χ2v) is 4.27. The molecule has 112 valence electrons. The molecule has 1 N–H and O–H groups in total. The number of aliphatic carboxylic acids is 1. The molecule has 1 aromatic carbocycles. The van der Waals surface area contributed by atoms with Crippen molar-refractivity contribution in [2.45, 2.75) is 19.0 Å². The Hall–Kier alpha value is -2.38. The number of halogens is 4. The van der Waals surface area contributed by atoms with Crippen LogP contribution in [0.25, 0.3) is 5.69 Å². The third kappa shape index (κ3) is 3.21. The maximum atomic E-state index is 13.6. The summed E-state index contributed by atoms with van der Waals surface area (Å²) >= 11 is 0. The molecule has 0 unspecified atom stereocenters. The van der Waals surface area contributed by atoms with Gasteiger partial charge in [0.1, 0.15) is 11.5 Å². The topological polar surface area (TPSA) is 55.1 Å². The zero-order chi connectivity index (χ0) is 15.6. The molecule has 0 aliphatic heterocycles. The van der Waals surface area contributed by atoms with Gasteiger partial charge in [0, 0.05) is 12.0 Å². The molecular formula is C13H10F4N2O2. The predicted molar refractivity (Wildman–Crippen MR) is 64.5 cm³/mol. The van der Waals surface area contributed by atoms with Gasteiger partial charge in [0.05, 0.1) is 6.20 Å². The first-order valence-corrected chi connectivity index (χ1v) is 5.91. The van der Waals surface area contributed by atoms with Crippen molar-refractivity contribution in [3.8, 4) is 5.69 Å². The highest BCUT2D eigenvalue weighted by Gasteiger charge is 2.38. The number of rotatable bonds is 4. The Morgan fingerprint density at radius 3 is 2.52 bits per heavy atom. The molecule has 0 spiro atoms. The summed E-state index contributed by atoms with van der Waals surface area (Å²) in [5, 5.41) is 12.1. The summed E-state index contributed by atoms with van der Waals surface area (Å²) in [4.78, 5) is 10.5. The molecule has 0 fully saturated rings. The van der Waals surface area contributed by atoms with E-state index < -0.39 is 30.1 Å². The first-order chi connectivity index (χ1) is 9.80. The highest BCUT2D eigenvalue weighted by atomic mass is 19.4. The van der Waals surface area contributed by atoms with E-state index in [4.69, 9.17) is 5.11 Å². The molecule has 2 rings (SSSR count). The number of alkyl halides is 3. The fourth-order valence-corrected chi connectivity index (χ4v) is 1.92. The minimum atomic E-state index is -4.77. The SMILES string of the molecule is O=C(O)CCc1cnn(-c2ccccc2F)c1C(F)(F)F. The van der Waals surface area contributed by atoms with Crippen LogP contribution >= 0.6 is 0 Å². The molecule has 0 aliphatic rings. The van der Waals surface area contributed by atoms with Gasteiger partial charge in [-0.15, -0.1) is 0 Å². The number of para-hydroxylation sites is 1. The standard InChI is InChI=1S/C13H10F4N2O2/c14-9-3-1-2-4-10(9)19-12(13(15,16)17)8(7-18-19)5-6-11(20)21/h1-4,7H,5-6H2,(H,20,21). The normalized spacial score (nSPS) is 11.6. The van der Waals surface area contributed by atoms with Crippen LogP contribution in [-0.2, 0) is 17.4 Å². The van der Waals surface area contributed by atoms with E-state index in [0.717, 1.165) is 12.3 Å². The average Bonchev–Trinajstić information content (AvgIpc) is 2.80. The van der Waals surface area contributed by atoms with Crippen molar-refractivity contribution in [1.82, 2.24) is 9.78 Å². The monoisotopic (exact) mass is 302 g/mol. The summed E-state index contributed by atoms with van der Waals surface area (Å²) in [6.07, 6.45) is -4.66. The van der Waals surface area contributed by atoms with E-state index in [0.29, 0.717) is 4.68 Å². The third-order valence-electron chi connectivity index (χ3n) is 2.80. The van der Waals surface area contributed by atoms with Gasteiger partial charge in [0.25, 0.3) is 0 Å². The van der Waals surface area contributed by atoms with E-state index in [9.17, 15) is 22.4 Å². The van der Waals surface area contributed by atoms with Gasteiger partial charge in [-0.3, -0.25) is 4.79 Å². The van der Waals surface area contributed by atoms with Crippen LogP contribution in [0.3, 0.4) is 0 Å². The van der Waals surface area contributed by atoms with Gasteiger partial charge >= 0.3 is 12.1 Å². The molecule has 8 heteroatoms. The van der Waals surface area contributed by atoms with Crippen molar-refractivity contribution in [1.29, 1.82) is 0 Å². The molecule has 0 saturated carbocycles. The highest BCUT2D eigenvalue weighted by molar-refractivity contribution is 5.67. The summed E-state index contributed by atoms with van der Waals surface area (Å²) in [5.41, 5.74) is -1.78. The van der Waals surface area contributed by atoms with Gasteiger partial charge in [0.2, 0.25) is 0 Å². The van der Waals surface area contributed by atoms with Gasteiger partial charge in [-0.1, -0.05) is 12.1 Å². The highest BCUT2D eigenvalue weighted by Crippen LogP contribution is 2.34. The summed E-state index contributed by atoms with van der Waals surface area (Å²) in [6.45, 7) is 0. The molecule has 0 radical (unpaired) electrons. The van der Waals surface area contributed by atoms with Crippen LogP contribution in [-0.4, -0.2) is 20.9 Å². The number of carboxylic acids is 1. The summed E-state index contributed by atoms with van der Waals surface area (Å²) in [6, 6.07) is 4.92. The van der Waals surface area contributed by atoms with Crippen LogP contribution < -0.4 is 0 Å². The molecule has 0 aliphatic carbocycles. The van der Waals surface area contributed by atoms with Crippen LogP contribution in [0.5, 0.6) is 0 Å². The molecule has 0 amide bonds. The first-order valence-electron chi connectivity index (χ1n) is 5.91. The van der Waals surface area contributed by atoms with Crippen LogP contribution in [0.15, 0.2) is 30.5 Å². The lowest BCUT2D eigenvalue weighted by atomic mass is 10.1. The van der Waals surface area contributed by atoms with Gasteiger partial charge in [0.15, 0.2) is 5.69 Å². The van der Waals surface area contributed by atoms with Gasteiger partial charge in [-0.25, -0.2) is 9.07 Å². The average molecular weight is 302 g/mol. The van der Waals surface area contributed by atoms with Crippen LogP contribution in [0.2, 0.25) is 0 Å². The quantitative estimate of drug-likeness (QED) is 0.883. The van der Waals surface area contributed by atoms with Crippen LogP contribution in [0.4, 0.5) is 17.6 Å². The maximum Gasteiger partial charge on any atom is 0.433 e. The van der Waals surface area contributed by atoms with E-state index >= 15 is 0 Å². The number of aromatic nitrogens is 2. The summed E-state index contributed by atoms with van der Waals surface area (Å²) in [7, 11) is 0. The minimum absolute atomic E-state index is 0.284. The number of benzene rings is 1. The van der Waals surface area contributed by atoms with Gasteiger partial charge in [-0.05, 0) is 18.6 Å². The number of carbonyl (C=O) groups is 1. The number of aryl methyl sites for hydroxylation is 1. The zero-order valence-electron chi connectivity index (χ0n) is 10.6. The third-order valence-corrected chi connectivity index (χ3v) is 2.80. The second kappa shape index (κ2) is 5.55. The number of carboxylic acid groups (broad SMARTS) is 1. The lowest BCUT2D eigenvalue weighted by Gasteiger charge is -2.13. The Labute approximate surface area is 116 Å². The molecule has 1 aromatic heterocycles. The van der Waals surface area contributed by atoms with Crippen molar-refractivity contribution in [3.05, 3.63) is 47.5 Å². The lowest BCUT2D eigenvalue weighted by Crippen LogP contribution is -2.16. The summed E-state index contributed by atoms with van der Waals surface area (Å²) < 4.78 is 53.6. The van der Waals surface area contributed by atoms with Crippen LogP contribution in [0, 0.1) is 5.82 Å². The molecule has 1 heterocycles. The molecule has 0 atom stereocenters. The van der Waals surface area contributed by atoms with Gasteiger partial charge in [-0.2, -0.15) is 18.3 Å².